The van der Waals surface area contributed by atoms with Crippen molar-refractivity contribution in [1.29, 1.82) is 0 Å². The first-order chi connectivity index (χ1) is 15.6. The maximum Gasteiger partial charge on any atom is 0.261 e. The Kier molecular flexibility index (Phi) is 6.06. The van der Waals surface area contributed by atoms with Crippen LogP contribution < -0.4 is 10.0 Å². The van der Waals surface area contributed by atoms with Crippen molar-refractivity contribution in [3.8, 4) is 0 Å². The van der Waals surface area contributed by atoms with Crippen molar-refractivity contribution in [2.75, 3.05) is 4.72 Å². The molecular formula is C27H30N2O3S. The lowest BCUT2D eigenvalue weighted by Crippen LogP contribution is -2.34. The summed E-state index contributed by atoms with van der Waals surface area (Å²) in [5.74, 6) is 0.0126. The van der Waals surface area contributed by atoms with Crippen LogP contribution in [0.15, 0.2) is 83.8 Å². The van der Waals surface area contributed by atoms with Crippen LogP contribution in [0.2, 0.25) is 0 Å². The molecule has 0 atom stereocenters. The highest BCUT2D eigenvalue weighted by atomic mass is 32.2. The molecular weight excluding hydrogens is 432 g/mol. The molecule has 1 amide bonds. The van der Waals surface area contributed by atoms with Crippen LogP contribution in [-0.4, -0.2) is 14.3 Å². The molecule has 5 nitrogen and oxygen atoms in total. The summed E-state index contributed by atoms with van der Waals surface area (Å²) in [5, 5.41) is 3.04. The van der Waals surface area contributed by atoms with E-state index in [1.54, 1.807) is 24.3 Å². The summed E-state index contributed by atoms with van der Waals surface area (Å²) in [6, 6.07) is 23.9. The minimum Gasteiger partial charge on any atom is -0.351 e. The molecule has 3 aromatic carbocycles. The molecule has 0 aliphatic heterocycles. The number of anilines is 1. The molecule has 2 N–H and O–H groups in total. The van der Waals surface area contributed by atoms with Crippen LogP contribution >= 0.6 is 0 Å². The van der Waals surface area contributed by atoms with Crippen LogP contribution in [0.5, 0.6) is 0 Å². The highest BCUT2D eigenvalue weighted by Gasteiger charge is 2.51. The molecule has 3 aromatic rings. The fraction of sp³-hybridized carbons (Fsp3) is 0.296. The Hall–Kier alpha value is -3.12. The van der Waals surface area contributed by atoms with Gasteiger partial charge in [-0.3, -0.25) is 9.52 Å². The van der Waals surface area contributed by atoms with Crippen LogP contribution in [0.25, 0.3) is 0 Å². The first-order valence-electron chi connectivity index (χ1n) is 11.2. The van der Waals surface area contributed by atoms with Crippen molar-refractivity contribution in [3.05, 3.63) is 95.6 Å². The summed E-state index contributed by atoms with van der Waals surface area (Å²) in [5.41, 5.74) is 2.95. The second-order valence-electron chi connectivity index (χ2n) is 9.71. The Morgan fingerprint density at radius 3 is 2.03 bits per heavy atom. The summed E-state index contributed by atoms with van der Waals surface area (Å²) in [6.07, 6.45) is 1.58. The van der Waals surface area contributed by atoms with Crippen molar-refractivity contribution < 1.29 is 13.2 Å². The van der Waals surface area contributed by atoms with E-state index in [0.717, 1.165) is 29.5 Å². The first kappa shape index (κ1) is 23.1. The normalized spacial score (nSPS) is 15.0. The van der Waals surface area contributed by atoms with E-state index in [0.29, 0.717) is 12.2 Å². The Balaban J connectivity index is 1.43. The molecule has 1 saturated carbocycles. The van der Waals surface area contributed by atoms with E-state index in [9.17, 15) is 13.2 Å². The summed E-state index contributed by atoms with van der Waals surface area (Å²) < 4.78 is 28.3. The quantitative estimate of drug-likeness (QED) is 0.511. The lowest BCUT2D eigenvalue weighted by Gasteiger charge is -2.19. The molecule has 1 aliphatic rings. The third kappa shape index (κ3) is 5.11. The van der Waals surface area contributed by atoms with Gasteiger partial charge in [-0.05, 0) is 59.2 Å². The van der Waals surface area contributed by atoms with E-state index >= 15 is 0 Å². The average molecular weight is 463 g/mol. The largest absolute Gasteiger partial charge is 0.351 e. The molecule has 0 spiro atoms. The van der Waals surface area contributed by atoms with Gasteiger partial charge < -0.3 is 5.32 Å². The van der Waals surface area contributed by atoms with Crippen molar-refractivity contribution in [3.63, 3.8) is 0 Å². The molecule has 6 heteroatoms. The van der Waals surface area contributed by atoms with E-state index in [2.05, 4.69) is 30.8 Å². The summed E-state index contributed by atoms with van der Waals surface area (Å²) >= 11 is 0. The predicted octanol–water partition coefficient (Wildman–Crippen LogP) is 5.13. The van der Waals surface area contributed by atoms with Crippen molar-refractivity contribution in [2.24, 2.45) is 0 Å². The average Bonchev–Trinajstić information content (AvgIpc) is 3.60. The number of amides is 1. The van der Waals surface area contributed by atoms with Crippen LogP contribution in [0.1, 0.15) is 50.3 Å². The smallest absolute Gasteiger partial charge is 0.261 e. The van der Waals surface area contributed by atoms with Gasteiger partial charge in [0.1, 0.15) is 0 Å². The Morgan fingerprint density at radius 1 is 0.879 bits per heavy atom. The maximum atomic E-state index is 12.9. The number of benzene rings is 3. The Morgan fingerprint density at radius 2 is 1.48 bits per heavy atom. The van der Waals surface area contributed by atoms with Gasteiger partial charge in [-0.2, -0.15) is 0 Å². The third-order valence-corrected chi connectivity index (χ3v) is 7.60. The van der Waals surface area contributed by atoms with Gasteiger partial charge in [0.2, 0.25) is 5.91 Å². The number of hydrogen-bond donors (Lipinski definition) is 2. The van der Waals surface area contributed by atoms with Gasteiger partial charge in [0, 0.05) is 12.2 Å². The van der Waals surface area contributed by atoms with Gasteiger partial charge in [0.25, 0.3) is 10.0 Å². The molecule has 0 heterocycles. The predicted molar refractivity (Wildman–Crippen MR) is 132 cm³/mol. The standard InChI is InChI=1S/C27H30N2O3S/c1-26(2,3)21-11-15-24(16-12-21)33(31,32)29-23-13-9-22(10-14-23)27(17-18-27)25(30)28-19-20-7-5-4-6-8-20/h4-16,29H,17-19H2,1-3H3,(H,28,30). The van der Waals surface area contributed by atoms with E-state index in [1.165, 1.54) is 0 Å². The SMILES string of the molecule is CC(C)(C)c1ccc(S(=O)(=O)Nc2ccc(C3(C(=O)NCc4ccccc4)CC3)cc2)cc1. The second kappa shape index (κ2) is 8.67. The Labute approximate surface area is 196 Å². The van der Waals surface area contributed by atoms with Crippen molar-refractivity contribution in [1.82, 2.24) is 5.32 Å². The maximum absolute atomic E-state index is 12.9. The summed E-state index contributed by atoms with van der Waals surface area (Å²) in [4.78, 5) is 13.1. The zero-order valence-corrected chi connectivity index (χ0v) is 20.1. The summed E-state index contributed by atoms with van der Waals surface area (Å²) in [7, 11) is -3.69. The van der Waals surface area contributed by atoms with E-state index in [1.807, 2.05) is 54.6 Å². The van der Waals surface area contributed by atoms with Gasteiger partial charge >= 0.3 is 0 Å². The topological polar surface area (TPSA) is 75.3 Å². The lowest BCUT2D eigenvalue weighted by molar-refractivity contribution is -0.123. The first-order valence-corrected chi connectivity index (χ1v) is 12.6. The number of rotatable bonds is 7. The molecule has 0 saturated heterocycles. The van der Waals surface area contributed by atoms with Crippen LogP contribution in [0.3, 0.4) is 0 Å². The second-order valence-corrected chi connectivity index (χ2v) is 11.4. The fourth-order valence-corrected chi connectivity index (χ4v) is 4.98. The fourth-order valence-electron chi connectivity index (χ4n) is 3.92. The zero-order chi connectivity index (χ0) is 23.7. The molecule has 0 radical (unpaired) electrons. The number of carbonyl (C=O) groups is 1. The molecule has 1 aliphatic carbocycles. The van der Waals surface area contributed by atoms with Gasteiger partial charge in [0.05, 0.1) is 10.3 Å². The molecule has 33 heavy (non-hydrogen) atoms. The number of nitrogens with one attached hydrogen (secondary N) is 2. The van der Waals surface area contributed by atoms with Gasteiger partial charge in [-0.25, -0.2) is 8.42 Å². The third-order valence-electron chi connectivity index (χ3n) is 6.20. The zero-order valence-electron chi connectivity index (χ0n) is 19.3. The molecule has 0 aromatic heterocycles. The number of hydrogen-bond acceptors (Lipinski definition) is 3. The van der Waals surface area contributed by atoms with Crippen LogP contribution in [-0.2, 0) is 32.2 Å². The van der Waals surface area contributed by atoms with Gasteiger partial charge in [-0.1, -0.05) is 75.4 Å². The minimum atomic E-state index is -3.69. The molecule has 1 fully saturated rings. The number of carbonyl (C=O) groups excluding carboxylic acids is 1. The van der Waals surface area contributed by atoms with E-state index in [-0.39, 0.29) is 16.2 Å². The van der Waals surface area contributed by atoms with E-state index < -0.39 is 15.4 Å². The van der Waals surface area contributed by atoms with Crippen LogP contribution in [0, 0.1) is 0 Å². The highest BCUT2D eigenvalue weighted by molar-refractivity contribution is 7.92. The molecule has 172 valence electrons. The lowest BCUT2D eigenvalue weighted by atomic mass is 9.87. The van der Waals surface area contributed by atoms with Crippen molar-refractivity contribution in [2.45, 2.75) is 55.9 Å². The molecule has 4 rings (SSSR count). The molecule has 0 bridgehead atoms. The van der Waals surface area contributed by atoms with E-state index in [4.69, 9.17) is 0 Å². The van der Waals surface area contributed by atoms with Crippen LogP contribution in [0.4, 0.5) is 5.69 Å². The monoisotopic (exact) mass is 462 g/mol. The Bertz CT molecular complexity index is 1220. The highest BCUT2D eigenvalue weighted by Crippen LogP contribution is 2.48. The van der Waals surface area contributed by atoms with Crippen molar-refractivity contribution >= 4 is 21.6 Å². The molecule has 0 unspecified atom stereocenters. The minimum absolute atomic E-state index is 0.0126. The van der Waals surface area contributed by atoms with Gasteiger partial charge in [-0.15, -0.1) is 0 Å². The number of sulfonamides is 1. The summed E-state index contributed by atoms with van der Waals surface area (Å²) in [6.45, 7) is 6.76. The van der Waals surface area contributed by atoms with Gasteiger partial charge in [0.15, 0.2) is 0 Å².